The number of carbonyl (C=O) groups excluding carboxylic acids is 2. The number of esters is 1. The summed E-state index contributed by atoms with van der Waals surface area (Å²) in [6.45, 7) is 1.81. The van der Waals surface area contributed by atoms with Crippen LogP contribution >= 0.6 is 0 Å². The van der Waals surface area contributed by atoms with Gasteiger partial charge >= 0.3 is 5.97 Å². The number of methoxy groups -OCH3 is 3. The number of ketones is 1. The number of benzene rings is 2. The van der Waals surface area contributed by atoms with Crippen LogP contribution in [0.4, 0.5) is 0 Å². The normalized spacial score (nSPS) is 17.5. The number of nitrogens with one attached hydrogen (secondary N) is 1. The maximum Gasteiger partial charge on any atom is 0.336 e. The number of hydrogen-bond donors (Lipinski definition) is 1. The standard InChI is InChI=1S/C23H21NO5/c1-12-18(23(26)29-4)19(13-9-10-16(27-2)17(11-13)28-3)20-21(24-12)14-7-5-6-8-15(14)22(20)25/h5-11,19,24H,1-4H3/t19-/m0/s1. The quantitative estimate of drug-likeness (QED) is 0.805. The molecule has 0 saturated heterocycles. The third kappa shape index (κ3) is 2.79. The van der Waals surface area contributed by atoms with Crippen LogP contribution in [0, 0.1) is 0 Å². The summed E-state index contributed by atoms with van der Waals surface area (Å²) in [4.78, 5) is 26.0. The lowest BCUT2D eigenvalue weighted by atomic mass is 9.79. The molecule has 1 heterocycles. The summed E-state index contributed by atoms with van der Waals surface area (Å²) in [5, 5.41) is 3.26. The second-order valence-corrected chi connectivity index (χ2v) is 6.87. The van der Waals surface area contributed by atoms with E-state index < -0.39 is 11.9 Å². The van der Waals surface area contributed by atoms with E-state index in [9.17, 15) is 9.59 Å². The van der Waals surface area contributed by atoms with Gasteiger partial charge in [-0.1, -0.05) is 30.3 Å². The number of ether oxygens (including phenoxy) is 3. The van der Waals surface area contributed by atoms with E-state index in [0.29, 0.717) is 33.9 Å². The van der Waals surface area contributed by atoms with Gasteiger partial charge in [-0.15, -0.1) is 0 Å². The Morgan fingerprint density at radius 2 is 1.66 bits per heavy atom. The molecular weight excluding hydrogens is 370 g/mol. The van der Waals surface area contributed by atoms with Crippen molar-refractivity contribution < 1.29 is 23.8 Å². The maximum atomic E-state index is 13.3. The minimum Gasteiger partial charge on any atom is -0.493 e. The van der Waals surface area contributed by atoms with Crippen molar-refractivity contribution in [3.63, 3.8) is 0 Å². The van der Waals surface area contributed by atoms with Gasteiger partial charge in [-0.25, -0.2) is 4.79 Å². The Morgan fingerprint density at radius 3 is 2.31 bits per heavy atom. The molecule has 2 aromatic rings. The minimum atomic E-state index is -0.585. The van der Waals surface area contributed by atoms with Crippen LogP contribution in [-0.4, -0.2) is 33.1 Å². The highest BCUT2D eigenvalue weighted by molar-refractivity contribution is 6.23. The molecule has 29 heavy (non-hydrogen) atoms. The molecule has 0 radical (unpaired) electrons. The second-order valence-electron chi connectivity index (χ2n) is 6.87. The zero-order valence-corrected chi connectivity index (χ0v) is 16.7. The zero-order valence-electron chi connectivity index (χ0n) is 16.7. The Kier molecular flexibility index (Phi) is 4.62. The molecule has 6 nitrogen and oxygen atoms in total. The first-order chi connectivity index (χ1) is 14.0. The lowest BCUT2D eigenvalue weighted by molar-refractivity contribution is -0.136. The minimum absolute atomic E-state index is 0.100. The van der Waals surface area contributed by atoms with Crippen LogP contribution in [0.1, 0.15) is 34.3 Å². The summed E-state index contributed by atoms with van der Waals surface area (Å²) in [7, 11) is 4.45. The van der Waals surface area contributed by atoms with Crippen LogP contribution in [0.3, 0.4) is 0 Å². The first-order valence-corrected chi connectivity index (χ1v) is 9.18. The van der Waals surface area contributed by atoms with Crippen LogP contribution < -0.4 is 14.8 Å². The van der Waals surface area contributed by atoms with Crippen LogP contribution in [0.25, 0.3) is 5.70 Å². The largest absolute Gasteiger partial charge is 0.493 e. The van der Waals surface area contributed by atoms with Crippen molar-refractivity contribution in [3.8, 4) is 11.5 Å². The molecule has 2 aliphatic rings. The van der Waals surface area contributed by atoms with Crippen molar-refractivity contribution in [3.05, 3.63) is 76.0 Å². The van der Waals surface area contributed by atoms with E-state index in [-0.39, 0.29) is 5.78 Å². The Morgan fingerprint density at radius 1 is 0.966 bits per heavy atom. The van der Waals surface area contributed by atoms with E-state index in [2.05, 4.69) is 5.32 Å². The van der Waals surface area contributed by atoms with E-state index in [1.807, 2.05) is 31.2 Å². The van der Waals surface area contributed by atoms with Gasteiger partial charge in [0.25, 0.3) is 0 Å². The summed E-state index contributed by atoms with van der Waals surface area (Å²) in [6.07, 6.45) is 0. The molecule has 4 rings (SSSR count). The molecule has 1 atom stereocenters. The number of fused-ring (bicyclic) bond motifs is 2. The molecule has 0 saturated carbocycles. The highest BCUT2D eigenvalue weighted by atomic mass is 16.5. The van der Waals surface area contributed by atoms with Crippen molar-refractivity contribution in [2.45, 2.75) is 12.8 Å². The van der Waals surface area contributed by atoms with E-state index in [4.69, 9.17) is 14.2 Å². The smallest absolute Gasteiger partial charge is 0.336 e. The average molecular weight is 391 g/mol. The highest BCUT2D eigenvalue weighted by Gasteiger charge is 2.42. The number of rotatable bonds is 4. The molecule has 0 fully saturated rings. The van der Waals surface area contributed by atoms with Gasteiger partial charge in [0.1, 0.15) is 0 Å². The molecule has 1 aliphatic carbocycles. The summed E-state index contributed by atoms with van der Waals surface area (Å²) in [5.74, 6) is -0.0726. The van der Waals surface area contributed by atoms with Gasteiger partial charge in [-0.05, 0) is 24.6 Å². The topological polar surface area (TPSA) is 73.9 Å². The fourth-order valence-corrected chi connectivity index (χ4v) is 4.08. The van der Waals surface area contributed by atoms with Crippen LogP contribution in [0.5, 0.6) is 11.5 Å². The van der Waals surface area contributed by atoms with Gasteiger partial charge in [-0.2, -0.15) is 0 Å². The molecule has 0 aromatic heterocycles. The number of carbonyl (C=O) groups is 2. The predicted octanol–water partition coefficient (Wildman–Crippen LogP) is 3.45. The lowest BCUT2D eigenvalue weighted by Gasteiger charge is -2.29. The van der Waals surface area contributed by atoms with Crippen molar-refractivity contribution in [2.75, 3.05) is 21.3 Å². The molecule has 0 unspecified atom stereocenters. The second kappa shape index (κ2) is 7.13. The monoisotopic (exact) mass is 391 g/mol. The summed E-state index contributed by atoms with van der Waals surface area (Å²) >= 11 is 0. The van der Waals surface area contributed by atoms with Gasteiger partial charge in [-0.3, -0.25) is 4.79 Å². The zero-order chi connectivity index (χ0) is 20.7. The third-order valence-electron chi connectivity index (χ3n) is 5.40. The lowest BCUT2D eigenvalue weighted by Crippen LogP contribution is -2.29. The molecule has 1 aliphatic heterocycles. The fraction of sp³-hybridized carbons (Fsp3) is 0.217. The SMILES string of the molecule is COC(=O)C1=C(C)NC2=C(C(=O)c3ccccc32)[C@H]1c1ccc(OC)c(OC)c1. The molecule has 6 heteroatoms. The summed E-state index contributed by atoms with van der Waals surface area (Å²) in [6, 6.07) is 12.8. The van der Waals surface area contributed by atoms with E-state index in [0.717, 1.165) is 16.8 Å². The fourth-order valence-electron chi connectivity index (χ4n) is 4.08. The number of dihydropyridines is 1. The van der Waals surface area contributed by atoms with Crippen molar-refractivity contribution >= 4 is 17.4 Å². The molecule has 1 N–H and O–H groups in total. The number of allylic oxidation sites excluding steroid dienone is 2. The first-order valence-electron chi connectivity index (χ1n) is 9.18. The highest BCUT2D eigenvalue weighted by Crippen LogP contribution is 2.47. The van der Waals surface area contributed by atoms with Gasteiger partial charge in [0.05, 0.1) is 32.6 Å². The van der Waals surface area contributed by atoms with E-state index in [1.165, 1.54) is 7.11 Å². The van der Waals surface area contributed by atoms with Gasteiger partial charge in [0, 0.05) is 28.3 Å². The molecule has 148 valence electrons. The Balaban J connectivity index is 1.95. The maximum absolute atomic E-state index is 13.3. The number of hydrogen-bond acceptors (Lipinski definition) is 6. The van der Waals surface area contributed by atoms with E-state index >= 15 is 0 Å². The average Bonchev–Trinajstić information content (AvgIpc) is 3.03. The molecule has 0 spiro atoms. The van der Waals surface area contributed by atoms with Crippen LogP contribution in [0.15, 0.2) is 59.3 Å². The molecular formula is C23H21NO5. The Labute approximate surface area is 168 Å². The van der Waals surface area contributed by atoms with E-state index in [1.54, 1.807) is 32.4 Å². The number of Topliss-reactive ketones (excluding diaryl/α,β-unsaturated/α-hetero) is 1. The van der Waals surface area contributed by atoms with Crippen LogP contribution in [0.2, 0.25) is 0 Å². The van der Waals surface area contributed by atoms with Crippen molar-refractivity contribution in [2.24, 2.45) is 0 Å². The molecule has 0 amide bonds. The Hall–Kier alpha value is -3.54. The Bertz CT molecular complexity index is 1100. The predicted molar refractivity (Wildman–Crippen MR) is 108 cm³/mol. The third-order valence-corrected chi connectivity index (χ3v) is 5.40. The molecule has 2 aromatic carbocycles. The van der Waals surface area contributed by atoms with Gasteiger partial charge in [0.2, 0.25) is 0 Å². The van der Waals surface area contributed by atoms with Crippen molar-refractivity contribution in [1.82, 2.24) is 5.32 Å². The van der Waals surface area contributed by atoms with Crippen molar-refractivity contribution in [1.29, 1.82) is 0 Å². The summed E-state index contributed by atoms with van der Waals surface area (Å²) < 4.78 is 15.8. The van der Waals surface area contributed by atoms with Crippen LogP contribution in [-0.2, 0) is 9.53 Å². The summed E-state index contributed by atoms with van der Waals surface area (Å²) in [5.41, 5.74) is 4.52. The van der Waals surface area contributed by atoms with Gasteiger partial charge in [0.15, 0.2) is 17.3 Å². The first kappa shape index (κ1) is 18.8. The van der Waals surface area contributed by atoms with Gasteiger partial charge < -0.3 is 19.5 Å². The molecule has 0 bridgehead atoms.